The summed E-state index contributed by atoms with van der Waals surface area (Å²) < 4.78 is 38.1. The van der Waals surface area contributed by atoms with Gasteiger partial charge in [-0.1, -0.05) is 0 Å². The fourth-order valence-corrected chi connectivity index (χ4v) is 1.13. The van der Waals surface area contributed by atoms with Crippen molar-refractivity contribution < 1.29 is 13.2 Å². The van der Waals surface area contributed by atoms with Crippen LogP contribution in [-0.2, 0) is 6.18 Å². The molecule has 84 valence electrons. The quantitative estimate of drug-likeness (QED) is 0.589. The largest absolute Gasteiger partial charge is 0.435 e. The molecule has 3 N–H and O–H groups in total. The van der Waals surface area contributed by atoms with E-state index in [4.69, 9.17) is 11.1 Å². The van der Waals surface area contributed by atoms with Gasteiger partial charge in [0, 0.05) is 6.04 Å². The Balaban J connectivity index is 3.28. The smallest absolute Gasteiger partial charge is 0.382 e. The van der Waals surface area contributed by atoms with Crippen LogP contribution >= 0.6 is 0 Å². The summed E-state index contributed by atoms with van der Waals surface area (Å²) in [4.78, 5) is 0. The number of aromatic nitrogens is 2. The van der Waals surface area contributed by atoms with Crippen molar-refractivity contribution in [2.75, 3.05) is 0 Å². The summed E-state index contributed by atoms with van der Waals surface area (Å²) in [5, 5.41) is 10.5. The summed E-state index contributed by atoms with van der Waals surface area (Å²) in [5.41, 5.74) is 4.12. The Hall–Kier alpha value is -1.53. The molecule has 0 amide bonds. The van der Waals surface area contributed by atoms with Gasteiger partial charge in [0.05, 0.1) is 0 Å². The summed E-state index contributed by atoms with van der Waals surface area (Å²) in [7, 11) is 0. The molecular weight excluding hydrogens is 209 g/mol. The average Bonchev–Trinajstić information content (AvgIpc) is 2.45. The Morgan fingerprint density at radius 1 is 1.53 bits per heavy atom. The Bertz CT molecular complexity index is 378. The van der Waals surface area contributed by atoms with Crippen molar-refractivity contribution >= 4 is 5.84 Å². The zero-order chi connectivity index (χ0) is 11.8. The van der Waals surface area contributed by atoms with Gasteiger partial charge in [-0.25, -0.2) is 0 Å². The van der Waals surface area contributed by atoms with Crippen LogP contribution in [0.25, 0.3) is 0 Å². The van der Waals surface area contributed by atoms with Crippen LogP contribution in [-0.4, -0.2) is 15.6 Å². The molecule has 0 saturated carbocycles. The second-order valence-electron chi connectivity index (χ2n) is 3.36. The highest BCUT2D eigenvalue weighted by atomic mass is 19.4. The van der Waals surface area contributed by atoms with Crippen LogP contribution in [0.2, 0.25) is 0 Å². The van der Waals surface area contributed by atoms with E-state index in [-0.39, 0.29) is 11.7 Å². The van der Waals surface area contributed by atoms with E-state index in [1.54, 1.807) is 13.8 Å². The summed E-state index contributed by atoms with van der Waals surface area (Å²) >= 11 is 0. The topological polar surface area (TPSA) is 67.7 Å². The van der Waals surface area contributed by atoms with Crippen molar-refractivity contribution in [2.24, 2.45) is 5.73 Å². The number of nitrogen functional groups attached to an aromatic ring is 1. The molecule has 0 fully saturated rings. The zero-order valence-electron chi connectivity index (χ0n) is 8.26. The van der Waals surface area contributed by atoms with E-state index in [1.165, 1.54) is 0 Å². The molecular formula is C8H11F3N4. The monoisotopic (exact) mass is 220 g/mol. The van der Waals surface area contributed by atoms with E-state index in [1.807, 2.05) is 0 Å². The molecule has 4 nitrogen and oxygen atoms in total. The Morgan fingerprint density at radius 2 is 2.07 bits per heavy atom. The number of amidine groups is 1. The van der Waals surface area contributed by atoms with Gasteiger partial charge in [0.15, 0.2) is 5.69 Å². The molecule has 0 aliphatic carbocycles. The molecule has 0 aliphatic heterocycles. The molecule has 0 aromatic carbocycles. The van der Waals surface area contributed by atoms with Gasteiger partial charge in [0.2, 0.25) is 0 Å². The zero-order valence-corrected chi connectivity index (χ0v) is 8.26. The van der Waals surface area contributed by atoms with E-state index < -0.39 is 17.7 Å². The van der Waals surface area contributed by atoms with Crippen molar-refractivity contribution in [3.8, 4) is 0 Å². The fourth-order valence-electron chi connectivity index (χ4n) is 1.13. The number of nitrogens with zero attached hydrogens (tertiary/aromatic N) is 2. The standard InChI is InChI=1S/C8H11F3N4/c1-4(2)15-5(7(12)13)3-6(14-15)8(9,10)11/h3-4H,1-2H3,(H3,12,13). The predicted molar refractivity (Wildman–Crippen MR) is 48.6 cm³/mol. The molecule has 15 heavy (non-hydrogen) atoms. The molecule has 0 atom stereocenters. The molecule has 0 unspecified atom stereocenters. The summed E-state index contributed by atoms with van der Waals surface area (Å²) in [6.07, 6.45) is -4.51. The minimum absolute atomic E-state index is 0.0164. The number of nitrogens with one attached hydrogen (secondary N) is 1. The highest BCUT2D eigenvalue weighted by molar-refractivity contribution is 5.93. The van der Waals surface area contributed by atoms with Crippen LogP contribution in [0.5, 0.6) is 0 Å². The molecule has 0 radical (unpaired) electrons. The number of halogens is 3. The Labute approximate surface area is 84.4 Å². The highest BCUT2D eigenvalue weighted by Gasteiger charge is 2.35. The van der Waals surface area contributed by atoms with Gasteiger partial charge in [-0.2, -0.15) is 18.3 Å². The number of hydrogen-bond donors (Lipinski definition) is 2. The molecule has 0 aliphatic rings. The van der Waals surface area contributed by atoms with Crippen LogP contribution in [0.3, 0.4) is 0 Å². The molecule has 7 heteroatoms. The highest BCUT2D eigenvalue weighted by Crippen LogP contribution is 2.29. The molecule has 0 spiro atoms. The average molecular weight is 220 g/mol. The summed E-state index contributed by atoms with van der Waals surface area (Å²) in [6, 6.07) is 0.502. The van der Waals surface area contributed by atoms with Gasteiger partial charge in [-0.3, -0.25) is 10.1 Å². The SMILES string of the molecule is CC(C)n1nc(C(F)(F)F)cc1C(=N)N. The number of nitrogens with two attached hydrogens (primary N) is 1. The lowest BCUT2D eigenvalue weighted by molar-refractivity contribution is -0.141. The van der Waals surface area contributed by atoms with Gasteiger partial charge in [0.1, 0.15) is 11.5 Å². The lowest BCUT2D eigenvalue weighted by Crippen LogP contribution is -2.18. The third kappa shape index (κ3) is 2.28. The third-order valence-electron chi connectivity index (χ3n) is 1.79. The molecule has 0 saturated heterocycles. The van der Waals surface area contributed by atoms with Crippen LogP contribution in [0.4, 0.5) is 13.2 Å². The molecule has 1 rings (SSSR count). The number of hydrogen-bond acceptors (Lipinski definition) is 2. The first kappa shape index (κ1) is 11.5. The normalized spacial score (nSPS) is 12.1. The first-order valence-corrected chi connectivity index (χ1v) is 4.24. The number of alkyl halides is 3. The van der Waals surface area contributed by atoms with Gasteiger partial charge >= 0.3 is 6.18 Å². The van der Waals surface area contributed by atoms with Crippen LogP contribution in [0, 0.1) is 5.41 Å². The van der Waals surface area contributed by atoms with Crippen molar-refractivity contribution in [1.29, 1.82) is 5.41 Å². The third-order valence-corrected chi connectivity index (χ3v) is 1.79. The van der Waals surface area contributed by atoms with Crippen LogP contribution in [0.15, 0.2) is 6.07 Å². The van der Waals surface area contributed by atoms with E-state index in [2.05, 4.69) is 5.10 Å². The van der Waals surface area contributed by atoms with Gasteiger partial charge < -0.3 is 5.73 Å². The summed E-state index contributed by atoms with van der Waals surface area (Å²) in [6.45, 7) is 3.33. The predicted octanol–water partition coefficient (Wildman–Crippen LogP) is 1.77. The lowest BCUT2D eigenvalue weighted by Gasteiger charge is -2.09. The van der Waals surface area contributed by atoms with Crippen molar-refractivity contribution in [2.45, 2.75) is 26.1 Å². The molecule has 1 heterocycles. The molecule has 1 aromatic rings. The van der Waals surface area contributed by atoms with Gasteiger partial charge in [-0.15, -0.1) is 0 Å². The lowest BCUT2D eigenvalue weighted by atomic mass is 10.3. The summed E-state index contributed by atoms with van der Waals surface area (Å²) in [5.74, 6) is -0.424. The fraction of sp³-hybridized carbons (Fsp3) is 0.500. The van der Waals surface area contributed by atoms with Crippen LogP contribution < -0.4 is 5.73 Å². The molecule has 0 bridgehead atoms. The number of rotatable bonds is 2. The maximum atomic E-state index is 12.3. The Kier molecular flexibility index (Phi) is 2.74. The van der Waals surface area contributed by atoms with Crippen molar-refractivity contribution in [1.82, 2.24) is 9.78 Å². The van der Waals surface area contributed by atoms with E-state index in [0.717, 1.165) is 10.7 Å². The van der Waals surface area contributed by atoms with Crippen molar-refractivity contribution in [3.63, 3.8) is 0 Å². The maximum Gasteiger partial charge on any atom is 0.435 e. The van der Waals surface area contributed by atoms with Gasteiger partial charge in [-0.05, 0) is 19.9 Å². The van der Waals surface area contributed by atoms with E-state index in [9.17, 15) is 13.2 Å². The minimum atomic E-state index is -4.51. The van der Waals surface area contributed by atoms with Crippen molar-refractivity contribution in [3.05, 3.63) is 17.5 Å². The second-order valence-corrected chi connectivity index (χ2v) is 3.36. The minimum Gasteiger partial charge on any atom is -0.382 e. The second kappa shape index (κ2) is 3.56. The van der Waals surface area contributed by atoms with Crippen LogP contribution in [0.1, 0.15) is 31.3 Å². The first-order chi connectivity index (χ1) is 6.73. The van der Waals surface area contributed by atoms with E-state index in [0.29, 0.717) is 0 Å². The molecule has 1 aromatic heterocycles. The van der Waals surface area contributed by atoms with Gasteiger partial charge in [0.25, 0.3) is 0 Å². The van der Waals surface area contributed by atoms with E-state index >= 15 is 0 Å². The maximum absolute atomic E-state index is 12.3. The first-order valence-electron chi connectivity index (χ1n) is 4.24. The Morgan fingerprint density at radius 3 is 2.33 bits per heavy atom.